The summed E-state index contributed by atoms with van der Waals surface area (Å²) in [4.78, 5) is 27.6. The Balaban J connectivity index is 1.80. The zero-order chi connectivity index (χ0) is 17.8. The molecule has 2 aromatic rings. The molecule has 0 N–H and O–H groups in total. The molecule has 1 aliphatic heterocycles. The van der Waals surface area contributed by atoms with Gasteiger partial charge in [-0.05, 0) is 44.4 Å². The molecule has 2 heterocycles. The van der Waals surface area contributed by atoms with Crippen molar-refractivity contribution >= 4 is 29.2 Å². The van der Waals surface area contributed by atoms with Crippen LogP contribution in [0.4, 0.5) is 0 Å². The number of aliphatic imine (C=N–C) groups is 2. The highest BCUT2D eigenvalue weighted by molar-refractivity contribution is 7.11. The molecule has 1 aromatic heterocycles. The van der Waals surface area contributed by atoms with Crippen LogP contribution in [0, 0.1) is 6.92 Å². The molecule has 4 rings (SSSR count). The molecule has 4 nitrogen and oxygen atoms in total. The monoisotopic (exact) mass is 351 g/mol. The van der Waals surface area contributed by atoms with Crippen molar-refractivity contribution in [2.45, 2.75) is 44.9 Å². The van der Waals surface area contributed by atoms with E-state index in [2.05, 4.69) is 33.2 Å². The zero-order valence-corrected chi connectivity index (χ0v) is 15.7. The van der Waals surface area contributed by atoms with Crippen LogP contribution in [0.25, 0.3) is 0 Å². The number of nitrogens with zero attached hydrogens (tertiary/aromatic N) is 3. The van der Waals surface area contributed by atoms with Crippen LogP contribution in [-0.4, -0.2) is 29.4 Å². The number of Topliss-reactive ketones (excluding diaryl/α,β-unsaturated/α-hetero) is 1. The van der Waals surface area contributed by atoms with Crippen molar-refractivity contribution < 1.29 is 4.79 Å². The maximum Gasteiger partial charge on any atom is 0.157 e. The van der Waals surface area contributed by atoms with Gasteiger partial charge in [0.05, 0.1) is 12.5 Å². The van der Waals surface area contributed by atoms with Crippen LogP contribution in [0.5, 0.6) is 0 Å². The largest absolute Gasteiger partial charge is 0.298 e. The van der Waals surface area contributed by atoms with Gasteiger partial charge in [0.1, 0.15) is 10.8 Å². The lowest BCUT2D eigenvalue weighted by molar-refractivity contribution is -0.122. The first-order valence-corrected chi connectivity index (χ1v) is 9.36. The summed E-state index contributed by atoms with van der Waals surface area (Å²) >= 11 is 1.61. The van der Waals surface area contributed by atoms with Gasteiger partial charge in [0, 0.05) is 28.6 Å². The average molecular weight is 351 g/mol. The van der Waals surface area contributed by atoms with Gasteiger partial charge in [-0.1, -0.05) is 18.2 Å². The first-order valence-electron chi connectivity index (χ1n) is 8.54. The third kappa shape index (κ3) is 2.58. The van der Waals surface area contributed by atoms with Crippen LogP contribution in [0.2, 0.25) is 0 Å². The summed E-state index contributed by atoms with van der Waals surface area (Å²) in [6, 6.07) is 6.41. The van der Waals surface area contributed by atoms with Gasteiger partial charge >= 0.3 is 0 Å². The maximum absolute atomic E-state index is 13.1. The molecule has 0 saturated heterocycles. The Morgan fingerprint density at radius 3 is 2.68 bits per heavy atom. The van der Waals surface area contributed by atoms with E-state index in [1.807, 2.05) is 40.1 Å². The second-order valence-electron chi connectivity index (χ2n) is 7.35. The smallest absolute Gasteiger partial charge is 0.157 e. The van der Waals surface area contributed by atoms with Gasteiger partial charge in [0.25, 0.3) is 0 Å². The van der Waals surface area contributed by atoms with Crippen LogP contribution in [0.3, 0.4) is 0 Å². The highest BCUT2D eigenvalue weighted by atomic mass is 32.1. The second-order valence-corrected chi connectivity index (χ2v) is 8.62. The van der Waals surface area contributed by atoms with E-state index in [9.17, 15) is 4.79 Å². The minimum atomic E-state index is -0.479. The number of carbonyl (C=O) groups excluding carboxylic acids is 1. The molecular weight excluding hydrogens is 330 g/mol. The number of rotatable bonds is 2. The summed E-state index contributed by atoms with van der Waals surface area (Å²) in [6.45, 7) is 8.69. The standard InChI is InChI=1S/C20H21N3OS/c1-11-8-23-19(25-11)17-15-7-13(14-9-21-12(2)22-10-14)5-6-16(15)20(3,4)18(17)24/h5-9,14,17H,10H2,1-4H3. The predicted octanol–water partition coefficient (Wildman–Crippen LogP) is 4.03. The minimum absolute atomic E-state index is 0.173. The van der Waals surface area contributed by atoms with Crippen molar-refractivity contribution in [2.75, 3.05) is 6.54 Å². The van der Waals surface area contributed by atoms with E-state index in [0.717, 1.165) is 26.8 Å². The number of aromatic nitrogens is 1. The summed E-state index contributed by atoms with van der Waals surface area (Å²) in [5.41, 5.74) is 2.91. The van der Waals surface area contributed by atoms with Crippen LogP contribution < -0.4 is 0 Å². The molecule has 0 bridgehead atoms. The quantitative estimate of drug-likeness (QED) is 0.820. The SMILES string of the molecule is CC1=NCC(c2ccc3c(c2)C(c2ncc(C)s2)C(=O)C3(C)C)C=N1. The van der Waals surface area contributed by atoms with Crippen molar-refractivity contribution in [1.29, 1.82) is 0 Å². The first-order chi connectivity index (χ1) is 11.9. The molecule has 1 aliphatic carbocycles. The van der Waals surface area contributed by atoms with Gasteiger partial charge < -0.3 is 0 Å². The fraction of sp³-hybridized carbons (Fsp3) is 0.400. The summed E-state index contributed by atoms with van der Waals surface area (Å²) in [5, 5.41) is 0.901. The second kappa shape index (κ2) is 5.70. The summed E-state index contributed by atoms with van der Waals surface area (Å²) in [5.74, 6) is 0.978. The van der Waals surface area contributed by atoms with E-state index < -0.39 is 5.41 Å². The lowest BCUT2D eigenvalue weighted by Gasteiger charge is -2.19. The molecule has 0 amide bonds. The van der Waals surface area contributed by atoms with Crippen molar-refractivity contribution in [2.24, 2.45) is 9.98 Å². The van der Waals surface area contributed by atoms with E-state index in [1.165, 1.54) is 5.56 Å². The third-order valence-electron chi connectivity index (χ3n) is 5.21. The van der Waals surface area contributed by atoms with Gasteiger partial charge in [-0.2, -0.15) is 0 Å². The summed E-state index contributed by atoms with van der Waals surface area (Å²) in [6.07, 6.45) is 3.82. The number of hydrogen-bond donors (Lipinski definition) is 0. The maximum atomic E-state index is 13.1. The Morgan fingerprint density at radius 1 is 1.24 bits per heavy atom. The number of ketones is 1. The van der Waals surface area contributed by atoms with E-state index in [4.69, 9.17) is 0 Å². The number of benzene rings is 1. The molecule has 0 spiro atoms. The molecule has 0 fully saturated rings. The first kappa shape index (κ1) is 16.3. The Labute approximate surface area is 151 Å². The highest BCUT2D eigenvalue weighted by Crippen LogP contribution is 2.47. The number of hydrogen-bond acceptors (Lipinski definition) is 5. The van der Waals surface area contributed by atoms with Crippen LogP contribution in [0.15, 0.2) is 34.4 Å². The summed E-state index contributed by atoms with van der Waals surface area (Å²) in [7, 11) is 0. The molecule has 0 saturated carbocycles. The van der Waals surface area contributed by atoms with Crippen LogP contribution in [-0.2, 0) is 10.2 Å². The number of aryl methyl sites for hydroxylation is 1. The van der Waals surface area contributed by atoms with Crippen molar-refractivity contribution in [3.05, 3.63) is 51.0 Å². The van der Waals surface area contributed by atoms with E-state index in [0.29, 0.717) is 6.54 Å². The zero-order valence-electron chi connectivity index (χ0n) is 14.9. The number of carbonyl (C=O) groups is 1. The topological polar surface area (TPSA) is 54.7 Å². The predicted molar refractivity (Wildman–Crippen MR) is 102 cm³/mol. The molecule has 1 aromatic carbocycles. The van der Waals surface area contributed by atoms with Gasteiger partial charge in [-0.25, -0.2) is 9.98 Å². The molecule has 25 heavy (non-hydrogen) atoms. The van der Waals surface area contributed by atoms with Crippen molar-refractivity contribution in [3.63, 3.8) is 0 Å². The average Bonchev–Trinajstić information content (AvgIpc) is 3.08. The Hall–Kier alpha value is -2.14. The highest BCUT2D eigenvalue weighted by Gasteiger charge is 2.47. The fourth-order valence-electron chi connectivity index (χ4n) is 3.71. The number of amidine groups is 1. The van der Waals surface area contributed by atoms with Crippen molar-refractivity contribution in [1.82, 2.24) is 4.98 Å². The third-order valence-corrected chi connectivity index (χ3v) is 6.19. The van der Waals surface area contributed by atoms with Gasteiger partial charge in [0.15, 0.2) is 5.78 Å². The normalized spacial score (nSPS) is 24.3. The van der Waals surface area contributed by atoms with E-state index in [-0.39, 0.29) is 17.6 Å². The molecule has 2 aliphatic rings. The van der Waals surface area contributed by atoms with Crippen LogP contribution in [0.1, 0.15) is 59.2 Å². The van der Waals surface area contributed by atoms with Crippen LogP contribution >= 0.6 is 11.3 Å². The fourth-order valence-corrected chi connectivity index (χ4v) is 4.61. The van der Waals surface area contributed by atoms with Crippen molar-refractivity contribution in [3.8, 4) is 0 Å². The van der Waals surface area contributed by atoms with E-state index >= 15 is 0 Å². The number of thiazole rings is 1. The number of fused-ring (bicyclic) bond motifs is 1. The van der Waals surface area contributed by atoms with Gasteiger partial charge in [-0.15, -0.1) is 11.3 Å². The van der Waals surface area contributed by atoms with Gasteiger partial charge in [0.2, 0.25) is 0 Å². The molecular formula is C20H21N3OS. The lowest BCUT2D eigenvalue weighted by Crippen LogP contribution is -2.26. The molecule has 128 valence electrons. The lowest BCUT2D eigenvalue weighted by atomic mass is 9.84. The molecule has 2 unspecified atom stereocenters. The molecule has 2 atom stereocenters. The Bertz CT molecular complexity index is 923. The Morgan fingerprint density at radius 2 is 2.04 bits per heavy atom. The Kier molecular flexibility index (Phi) is 3.72. The molecule has 0 radical (unpaired) electrons. The summed E-state index contributed by atoms with van der Waals surface area (Å²) < 4.78 is 0. The minimum Gasteiger partial charge on any atom is -0.298 e. The van der Waals surface area contributed by atoms with Gasteiger partial charge in [-0.3, -0.25) is 9.79 Å². The molecule has 5 heteroatoms. The van der Waals surface area contributed by atoms with E-state index in [1.54, 1.807) is 11.3 Å².